The molecule has 198 valence electrons. The molecule has 0 saturated carbocycles. The van der Waals surface area contributed by atoms with Crippen LogP contribution in [0.2, 0.25) is 0 Å². The van der Waals surface area contributed by atoms with E-state index < -0.39 is 17.8 Å². The Morgan fingerprint density at radius 1 is 1.14 bits per heavy atom. The van der Waals surface area contributed by atoms with Gasteiger partial charge in [-0.25, -0.2) is 19.7 Å². The summed E-state index contributed by atoms with van der Waals surface area (Å²) < 4.78 is 41.7. The summed E-state index contributed by atoms with van der Waals surface area (Å²) >= 11 is 1.17. The number of hydrogen-bond donors (Lipinski definition) is 3. The molecule has 0 bridgehead atoms. The molecule has 0 spiro atoms. The minimum Gasteiger partial charge on any atom is -0.368 e. The van der Waals surface area contributed by atoms with Crippen molar-refractivity contribution in [2.75, 3.05) is 42.5 Å². The van der Waals surface area contributed by atoms with Gasteiger partial charge in [-0.3, -0.25) is 15.1 Å². The minimum absolute atomic E-state index is 0.0373. The fraction of sp³-hybridized carbons (Fsp3) is 0.417. The fourth-order valence-corrected chi connectivity index (χ4v) is 5.11. The van der Waals surface area contributed by atoms with Crippen molar-refractivity contribution in [3.05, 3.63) is 47.3 Å². The molecule has 0 unspecified atom stereocenters. The number of amides is 2. The number of carbonyl (C=O) groups excluding carboxylic acids is 1. The molecule has 0 aliphatic carbocycles. The second-order valence-corrected chi connectivity index (χ2v) is 10.1. The molecule has 1 aromatic carbocycles. The van der Waals surface area contributed by atoms with Gasteiger partial charge in [-0.1, -0.05) is 17.4 Å². The Bertz CT molecular complexity index is 1260. The first kappa shape index (κ1) is 26.8. The molecular weight excluding hydrogens is 505 g/mol. The predicted molar refractivity (Wildman–Crippen MR) is 138 cm³/mol. The number of piperazine rings is 1. The Kier molecular flexibility index (Phi) is 7.95. The van der Waals surface area contributed by atoms with Gasteiger partial charge < -0.3 is 11.1 Å². The number of rotatable bonds is 6. The van der Waals surface area contributed by atoms with Gasteiger partial charge in [-0.05, 0) is 44.5 Å². The van der Waals surface area contributed by atoms with E-state index in [0.717, 1.165) is 19.2 Å². The van der Waals surface area contributed by atoms with Crippen LogP contribution in [0.1, 0.15) is 30.7 Å². The van der Waals surface area contributed by atoms with E-state index in [-0.39, 0.29) is 28.9 Å². The number of nitrogens with zero attached hydrogens (tertiary/aromatic N) is 5. The predicted octanol–water partition coefficient (Wildman–Crippen LogP) is 4.68. The van der Waals surface area contributed by atoms with Crippen molar-refractivity contribution < 1.29 is 18.0 Å². The normalized spacial score (nSPS) is 15.2. The number of anilines is 3. The van der Waals surface area contributed by atoms with Crippen LogP contribution in [0, 0.1) is 6.92 Å². The van der Waals surface area contributed by atoms with Crippen LogP contribution in [-0.2, 0) is 12.7 Å². The van der Waals surface area contributed by atoms with Crippen molar-refractivity contribution in [3.63, 3.8) is 0 Å². The third-order valence-corrected chi connectivity index (χ3v) is 7.22. The van der Waals surface area contributed by atoms with Crippen LogP contribution in [0.15, 0.2) is 30.5 Å². The highest BCUT2D eigenvalue weighted by atomic mass is 32.1. The zero-order valence-corrected chi connectivity index (χ0v) is 21.6. The lowest BCUT2D eigenvalue weighted by atomic mass is 10.0. The van der Waals surface area contributed by atoms with Crippen molar-refractivity contribution >= 4 is 34.1 Å². The number of urea groups is 1. The second-order valence-electron chi connectivity index (χ2n) is 9.09. The maximum atomic E-state index is 13.9. The summed E-state index contributed by atoms with van der Waals surface area (Å²) in [6, 6.07) is 5.27. The topological polar surface area (TPSA) is 112 Å². The van der Waals surface area contributed by atoms with Crippen LogP contribution in [0.5, 0.6) is 0 Å². The Morgan fingerprint density at radius 2 is 1.86 bits per heavy atom. The third kappa shape index (κ3) is 6.73. The number of aromatic nitrogens is 3. The van der Waals surface area contributed by atoms with Gasteiger partial charge in [0.05, 0.1) is 21.8 Å². The molecule has 1 aliphatic rings. The van der Waals surface area contributed by atoms with Gasteiger partial charge in [0.2, 0.25) is 5.95 Å². The van der Waals surface area contributed by atoms with Crippen molar-refractivity contribution in [1.29, 1.82) is 0 Å². The van der Waals surface area contributed by atoms with Gasteiger partial charge in [-0.15, -0.1) is 0 Å². The summed E-state index contributed by atoms with van der Waals surface area (Å²) in [5.74, 6) is 0.110. The van der Waals surface area contributed by atoms with Crippen LogP contribution in [-0.4, -0.2) is 63.0 Å². The number of benzene rings is 1. The van der Waals surface area contributed by atoms with E-state index in [0.29, 0.717) is 35.4 Å². The number of carbonyl (C=O) groups is 1. The highest BCUT2D eigenvalue weighted by Gasteiger charge is 2.34. The Morgan fingerprint density at radius 3 is 2.51 bits per heavy atom. The number of aryl methyl sites for hydroxylation is 1. The first-order valence-electron chi connectivity index (χ1n) is 11.8. The molecule has 0 radical (unpaired) electrons. The van der Waals surface area contributed by atoms with Crippen molar-refractivity contribution in [2.24, 2.45) is 0 Å². The molecular formula is C24H29F3N8OS. The summed E-state index contributed by atoms with van der Waals surface area (Å²) in [6.07, 6.45) is -3.03. The van der Waals surface area contributed by atoms with Crippen molar-refractivity contribution in [3.8, 4) is 10.6 Å². The number of alkyl halides is 3. The van der Waals surface area contributed by atoms with Crippen LogP contribution < -0.4 is 16.4 Å². The number of thiazole rings is 1. The molecule has 9 nitrogen and oxygen atoms in total. The van der Waals surface area contributed by atoms with E-state index in [1.54, 1.807) is 13.0 Å². The lowest BCUT2D eigenvalue weighted by Crippen LogP contribution is -2.48. The van der Waals surface area contributed by atoms with Gasteiger partial charge in [0, 0.05) is 50.6 Å². The maximum absolute atomic E-state index is 13.9. The lowest BCUT2D eigenvalue weighted by molar-refractivity contribution is -0.138. The Labute approximate surface area is 216 Å². The highest BCUT2D eigenvalue weighted by Crippen LogP contribution is 2.35. The molecule has 37 heavy (non-hydrogen) atoms. The average molecular weight is 535 g/mol. The van der Waals surface area contributed by atoms with Gasteiger partial charge >= 0.3 is 12.2 Å². The number of nitrogen functional groups attached to an aromatic ring is 1. The summed E-state index contributed by atoms with van der Waals surface area (Å²) in [5.41, 5.74) is 6.28. The standard InChI is InChI=1S/C24H29F3N8OS/c1-14(2)35-10-8-34(9-11-35)13-16-4-5-17(12-18(16)24(25,26)27)31-22(36)33-23-30-15(3)20(37-23)19-6-7-29-21(28)32-19/h4-7,12,14H,8-11,13H2,1-3H3,(H2,28,29,32)(H2,30,31,33,36). The molecule has 2 amide bonds. The van der Waals surface area contributed by atoms with E-state index in [1.165, 1.54) is 29.7 Å². The number of nitrogens with one attached hydrogen (secondary N) is 2. The van der Waals surface area contributed by atoms with Gasteiger partial charge in [0.15, 0.2) is 5.13 Å². The molecule has 2 aromatic heterocycles. The van der Waals surface area contributed by atoms with Crippen molar-refractivity contribution in [1.82, 2.24) is 24.8 Å². The molecule has 3 heterocycles. The van der Waals surface area contributed by atoms with Gasteiger partial charge in [0.1, 0.15) is 0 Å². The number of hydrogen-bond acceptors (Lipinski definition) is 8. The Balaban J connectivity index is 1.44. The van der Waals surface area contributed by atoms with E-state index in [9.17, 15) is 18.0 Å². The quantitative estimate of drug-likeness (QED) is 0.421. The monoisotopic (exact) mass is 534 g/mol. The average Bonchev–Trinajstić information content (AvgIpc) is 3.19. The van der Waals surface area contributed by atoms with Gasteiger partial charge in [-0.2, -0.15) is 13.2 Å². The molecule has 4 rings (SSSR count). The van der Waals surface area contributed by atoms with E-state index >= 15 is 0 Å². The molecule has 0 atom stereocenters. The number of halogens is 3. The summed E-state index contributed by atoms with van der Waals surface area (Å²) in [6.45, 7) is 9.23. The summed E-state index contributed by atoms with van der Waals surface area (Å²) in [7, 11) is 0. The van der Waals surface area contributed by atoms with E-state index in [4.69, 9.17) is 5.73 Å². The maximum Gasteiger partial charge on any atom is 0.416 e. The van der Waals surface area contributed by atoms with E-state index in [2.05, 4.69) is 44.3 Å². The zero-order chi connectivity index (χ0) is 26.7. The third-order valence-electron chi connectivity index (χ3n) is 6.13. The second kappa shape index (κ2) is 11.0. The van der Waals surface area contributed by atoms with Crippen LogP contribution in [0.4, 0.5) is 34.7 Å². The van der Waals surface area contributed by atoms with Crippen LogP contribution in [0.25, 0.3) is 10.6 Å². The highest BCUT2D eigenvalue weighted by molar-refractivity contribution is 7.19. The SMILES string of the molecule is Cc1nc(NC(=O)Nc2ccc(CN3CCN(C(C)C)CC3)c(C(F)(F)F)c2)sc1-c1ccnc(N)n1. The fourth-order valence-electron chi connectivity index (χ4n) is 4.18. The molecule has 13 heteroatoms. The first-order chi connectivity index (χ1) is 17.5. The zero-order valence-electron chi connectivity index (χ0n) is 20.8. The van der Waals surface area contributed by atoms with E-state index in [1.807, 2.05) is 4.90 Å². The first-order valence-corrected chi connectivity index (χ1v) is 12.6. The van der Waals surface area contributed by atoms with Crippen LogP contribution in [0.3, 0.4) is 0 Å². The number of nitrogens with two attached hydrogens (primary N) is 1. The lowest BCUT2D eigenvalue weighted by Gasteiger charge is -2.37. The smallest absolute Gasteiger partial charge is 0.368 e. The summed E-state index contributed by atoms with van der Waals surface area (Å²) in [4.78, 5) is 29.9. The molecule has 1 saturated heterocycles. The molecule has 1 fully saturated rings. The molecule has 1 aliphatic heterocycles. The largest absolute Gasteiger partial charge is 0.416 e. The Hall–Kier alpha value is -3.29. The van der Waals surface area contributed by atoms with Crippen LogP contribution >= 0.6 is 11.3 Å². The summed E-state index contributed by atoms with van der Waals surface area (Å²) in [5, 5.41) is 5.33. The minimum atomic E-state index is -4.55. The van der Waals surface area contributed by atoms with Gasteiger partial charge in [0.25, 0.3) is 0 Å². The van der Waals surface area contributed by atoms with Crippen molar-refractivity contribution in [2.45, 2.75) is 39.5 Å². The molecule has 4 N–H and O–H groups in total. The molecule has 3 aromatic rings.